The number of hydrogen-bond donors (Lipinski definition) is 4. The second-order valence-electron chi connectivity index (χ2n) is 8.01. The van der Waals surface area contributed by atoms with Gasteiger partial charge in [0.15, 0.2) is 11.5 Å². The maximum Gasteiger partial charge on any atom is 0.259 e. The fraction of sp³-hybridized carbons (Fsp3) is 0.200. The highest BCUT2D eigenvalue weighted by molar-refractivity contribution is 6.50. The van der Waals surface area contributed by atoms with Crippen LogP contribution in [0.15, 0.2) is 48.8 Å². The third-order valence-corrected chi connectivity index (χ3v) is 6.06. The predicted octanol–water partition coefficient (Wildman–Crippen LogP) is 2.06. The van der Waals surface area contributed by atoms with Gasteiger partial charge in [0.25, 0.3) is 11.8 Å². The van der Waals surface area contributed by atoms with Crippen LogP contribution < -0.4 is 14.8 Å². The molecule has 4 N–H and O–H groups in total. The van der Waals surface area contributed by atoms with Crippen molar-refractivity contribution in [3.63, 3.8) is 0 Å². The number of hydrogen-bond acceptors (Lipinski definition) is 6. The first-order valence-corrected chi connectivity index (χ1v) is 10.7. The van der Waals surface area contributed by atoms with Crippen LogP contribution in [0.4, 0.5) is 0 Å². The summed E-state index contributed by atoms with van der Waals surface area (Å²) in [6.07, 6.45) is 2.37. The van der Waals surface area contributed by atoms with E-state index in [0.29, 0.717) is 33.5 Å². The third kappa shape index (κ3) is 3.25. The Hall–Kier alpha value is -4.08. The van der Waals surface area contributed by atoms with Gasteiger partial charge in [-0.3, -0.25) is 14.9 Å². The quantitative estimate of drug-likeness (QED) is 0.312. The van der Waals surface area contributed by atoms with Gasteiger partial charge >= 0.3 is 0 Å². The Morgan fingerprint density at radius 1 is 0.971 bits per heavy atom. The average molecular weight is 461 g/mol. The van der Waals surface area contributed by atoms with Crippen LogP contribution in [0.1, 0.15) is 11.1 Å². The van der Waals surface area contributed by atoms with E-state index in [2.05, 4.69) is 10.3 Å². The van der Waals surface area contributed by atoms with Crippen molar-refractivity contribution in [3.05, 3.63) is 59.9 Å². The van der Waals surface area contributed by atoms with E-state index in [9.17, 15) is 19.8 Å². The molecule has 0 fully saturated rings. The van der Waals surface area contributed by atoms with Gasteiger partial charge in [-0.25, -0.2) is 0 Å². The molecule has 2 aromatic heterocycles. The monoisotopic (exact) mass is 461 g/mol. The standard InChI is InChI=1S/C25H23N3O6/c1-33-19-8-7-15-17(11-28(10-13(30)12-29)22(15)23(19)34-2)21-20(24(31)27-25(21)32)16-9-26-18-6-4-3-5-14(16)18/h3-9,11,13,26,29-30H,10,12H2,1-2H3,(H,27,31,32). The number of fused-ring (bicyclic) bond motifs is 2. The number of imide groups is 1. The number of carbonyl (C=O) groups is 2. The minimum Gasteiger partial charge on any atom is -0.493 e. The molecule has 4 aromatic rings. The fourth-order valence-electron chi connectivity index (χ4n) is 4.58. The van der Waals surface area contributed by atoms with Gasteiger partial charge in [-0.1, -0.05) is 18.2 Å². The number of rotatable bonds is 7. The Kier molecular flexibility index (Phi) is 5.35. The number of methoxy groups -OCH3 is 2. The van der Waals surface area contributed by atoms with E-state index in [1.54, 1.807) is 29.1 Å². The number of benzene rings is 2. The molecule has 1 aliphatic heterocycles. The van der Waals surface area contributed by atoms with Crippen LogP contribution in [-0.4, -0.2) is 58.5 Å². The number of para-hydroxylation sites is 1. The number of nitrogens with one attached hydrogen (secondary N) is 2. The van der Waals surface area contributed by atoms with Crippen molar-refractivity contribution < 1.29 is 29.3 Å². The topological polar surface area (TPSA) is 126 Å². The number of aliphatic hydroxyl groups is 2. The van der Waals surface area contributed by atoms with Crippen molar-refractivity contribution in [2.45, 2.75) is 12.6 Å². The number of carbonyl (C=O) groups excluding carboxylic acids is 2. The van der Waals surface area contributed by atoms with Crippen LogP contribution in [0.3, 0.4) is 0 Å². The first-order chi connectivity index (χ1) is 16.5. The smallest absolute Gasteiger partial charge is 0.259 e. The van der Waals surface area contributed by atoms with Gasteiger partial charge in [-0.15, -0.1) is 0 Å². The van der Waals surface area contributed by atoms with Crippen LogP contribution in [0.25, 0.3) is 33.0 Å². The molecule has 2 amide bonds. The summed E-state index contributed by atoms with van der Waals surface area (Å²) in [5.74, 6) is -0.115. The van der Waals surface area contributed by atoms with E-state index in [1.165, 1.54) is 14.2 Å². The lowest BCUT2D eigenvalue weighted by molar-refractivity contribution is -0.122. The number of aliphatic hydroxyl groups excluding tert-OH is 2. The van der Waals surface area contributed by atoms with Gasteiger partial charge in [-0.05, 0) is 18.2 Å². The fourth-order valence-corrected chi connectivity index (χ4v) is 4.58. The van der Waals surface area contributed by atoms with Crippen molar-refractivity contribution >= 4 is 44.8 Å². The Bertz CT molecular complexity index is 1480. The molecule has 1 aliphatic rings. The van der Waals surface area contributed by atoms with Gasteiger partial charge in [0.2, 0.25) is 0 Å². The Labute approximate surface area is 194 Å². The minimum atomic E-state index is -1.04. The maximum atomic E-state index is 13.1. The van der Waals surface area contributed by atoms with Gasteiger partial charge in [0, 0.05) is 39.8 Å². The third-order valence-electron chi connectivity index (χ3n) is 6.06. The van der Waals surface area contributed by atoms with Gasteiger partial charge in [0.1, 0.15) is 0 Å². The van der Waals surface area contributed by atoms with Gasteiger partial charge in [0.05, 0.1) is 50.1 Å². The van der Waals surface area contributed by atoms with E-state index < -0.39 is 24.5 Å². The van der Waals surface area contributed by atoms with Crippen molar-refractivity contribution in [2.75, 3.05) is 20.8 Å². The van der Waals surface area contributed by atoms with E-state index in [4.69, 9.17) is 9.47 Å². The second kappa shape index (κ2) is 8.36. The Morgan fingerprint density at radius 3 is 2.41 bits per heavy atom. The summed E-state index contributed by atoms with van der Waals surface area (Å²) >= 11 is 0. The van der Waals surface area contributed by atoms with Crippen LogP contribution in [0.2, 0.25) is 0 Å². The molecule has 0 radical (unpaired) electrons. The largest absolute Gasteiger partial charge is 0.493 e. The zero-order valence-corrected chi connectivity index (χ0v) is 18.6. The molecule has 0 spiro atoms. The number of H-pyrrole nitrogens is 1. The number of aromatic amines is 1. The molecule has 0 aliphatic carbocycles. The molecule has 2 aromatic carbocycles. The molecule has 9 heteroatoms. The molecule has 174 valence electrons. The molecule has 1 atom stereocenters. The molecular weight excluding hydrogens is 438 g/mol. The predicted molar refractivity (Wildman–Crippen MR) is 126 cm³/mol. The highest BCUT2D eigenvalue weighted by Crippen LogP contribution is 2.43. The molecule has 1 unspecified atom stereocenters. The summed E-state index contributed by atoms with van der Waals surface area (Å²) in [7, 11) is 3.01. The number of aromatic nitrogens is 2. The first-order valence-electron chi connectivity index (χ1n) is 10.7. The SMILES string of the molecule is COc1ccc2c(C3=C(c4c[nH]c5ccccc45)C(=O)NC3=O)cn(CC(O)CO)c2c1OC. The maximum absolute atomic E-state index is 13.1. The lowest BCUT2D eigenvalue weighted by Gasteiger charge is -2.14. The number of nitrogens with zero attached hydrogens (tertiary/aromatic N) is 1. The first kappa shape index (κ1) is 21.7. The Morgan fingerprint density at radius 2 is 1.71 bits per heavy atom. The van der Waals surface area contributed by atoms with E-state index in [1.807, 2.05) is 24.3 Å². The van der Waals surface area contributed by atoms with Crippen LogP contribution >= 0.6 is 0 Å². The molecule has 5 rings (SSSR count). The summed E-state index contributed by atoms with van der Waals surface area (Å²) in [5, 5.41) is 23.5. The minimum absolute atomic E-state index is 0.0434. The molecule has 3 heterocycles. The molecule has 34 heavy (non-hydrogen) atoms. The van der Waals surface area contributed by atoms with Gasteiger partial charge in [-0.2, -0.15) is 0 Å². The summed E-state index contributed by atoms with van der Waals surface area (Å²) < 4.78 is 12.7. The lowest BCUT2D eigenvalue weighted by atomic mass is 9.95. The zero-order chi connectivity index (χ0) is 24.0. The van der Waals surface area contributed by atoms with E-state index in [-0.39, 0.29) is 17.7 Å². The Balaban J connectivity index is 1.83. The highest BCUT2D eigenvalue weighted by Gasteiger charge is 2.35. The lowest BCUT2D eigenvalue weighted by Crippen LogP contribution is -2.22. The van der Waals surface area contributed by atoms with Crippen molar-refractivity contribution in [2.24, 2.45) is 0 Å². The van der Waals surface area contributed by atoms with Crippen molar-refractivity contribution in [1.29, 1.82) is 0 Å². The van der Waals surface area contributed by atoms with E-state index >= 15 is 0 Å². The molecule has 0 saturated carbocycles. The normalized spacial score (nSPS) is 14.8. The number of ether oxygens (including phenoxy) is 2. The molecule has 9 nitrogen and oxygen atoms in total. The molecular formula is C25H23N3O6. The van der Waals surface area contributed by atoms with Gasteiger partial charge < -0.3 is 29.2 Å². The zero-order valence-electron chi connectivity index (χ0n) is 18.6. The summed E-state index contributed by atoms with van der Waals surface area (Å²) in [6, 6.07) is 11.0. The molecule has 0 bridgehead atoms. The highest BCUT2D eigenvalue weighted by atomic mass is 16.5. The van der Waals surface area contributed by atoms with Crippen molar-refractivity contribution in [3.8, 4) is 11.5 Å². The second-order valence-corrected chi connectivity index (χ2v) is 8.01. The van der Waals surface area contributed by atoms with Crippen LogP contribution in [-0.2, 0) is 16.1 Å². The summed E-state index contributed by atoms with van der Waals surface area (Å²) in [6.45, 7) is -0.397. The number of amides is 2. The van der Waals surface area contributed by atoms with Crippen LogP contribution in [0.5, 0.6) is 11.5 Å². The average Bonchev–Trinajstić information content (AvgIpc) is 3.51. The van der Waals surface area contributed by atoms with E-state index in [0.717, 1.165) is 10.9 Å². The summed E-state index contributed by atoms with van der Waals surface area (Å²) in [4.78, 5) is 29.2. The molecule has 0 saturated heterocycles. The van der Waals surface area contributed by atoms with Crippen molar-refractivity contribution in [1.82, 2.24) is 14.9 Å². The summed E-state index contributed by atoms with van der Waals surface area (Å²) in [5.41, 5.74) is 3.03. The van der Waals surface area contributed by atoms with Crippen LogP contribution in [0, 0.1) is 0 Å².